The Hall–Kier alpha value is -5.17. The number of benzene rings is 1. The van der Waals surface area contributed by atoms with Crippen LogP contribution < -0.4 is 5.32 Å². The van der Waals surface area contributed by atoms with E-state index < -0.39 is 5.97 Å². The summed E-state index contributed by atoms with van der Waals surface area (Å²) in [5.41, 5.74) is 4.57. The molecule has 224 valence electrons. The molecule has 5 heterocycles. The number of aromatic nitrogens is 6. The molecule has 0 spiro atoms. The van der Waals surface area contributed by atoms with Crippen LogP contribution in [0.4, 0.5) is 5.69 Å². The van der Waals surface area contributed by atoms with E-state index in [2.05, 4.69) is 20.7 Å². The molecule has 0 saturated heterocycles. The Morgan fingerprint density at radius 3 is 2.82 bits per heavy atom. The minimum atomic E-state index is -1.21. The maximum atomic E-state index is 13.0. The number of hydrogen-bond acceptors (Lipinski definition) is 9. The second-order valence-electron chi connectivity index (χ2n) is 10.8. The summed E-state index contributed by atoms with van der Waals surface area (Å²) in [7, 11) is 1.82. The third kappa shape index (κ3) is 5.49. The van der Waals surface area contributed by atoms with Crippen molar-refractivity contribution in [3.05, 3.63) is 76.5 Å². The fourth-order valence-electron chi connectivity index (χ4n) is 5.57. The predicted molar refractivity (Wildman–Crippen MR) is 162 cm³/mol. The molecule has 3 aromatic heterocycles. The van der Waals surface area contributed by atoms with Crippen molar-refractivity contribution in [1.29, 1.82) is 0 Å². The van der Waals surface area contributed by atoms with Crippen LogP contribution in [0.15, 0.2) is 59.5 Å². The highest BCUT2D eigenvalue weighted by Crippen LogP contribution is 2.36. The number of carboxylic acids is 1. The largest absolute Gasteiger partial charge is 0.476 e. The molecule has 2 bridgehead atoms. The Kier molecular flexibility index (Phi) is 7.78. The standard InChI is InChI=1S/C30H28ClN9O4/c1-17-4-3-5-26(22-10-18(8-9-32-22)28-23(35-29(17)42)12-34-38(28)2)39-13-19(15-41)27(33-16-39)21-11-20(31)6-7-25(21)40-14-24(30(43)44)36-37-40/h6-12,14-17,26H,3-5,13H2,1-2H3,(H,35,42)(H,43,44)/t17-,26+/m1/s1. The molecule has 2 atom stereocenters. The van der Waals surface area contributed by atoms with Crippen molar-refractivity contribution in [2.24, 2.45) is 18.0 Å². The van der Waals surface area contributed by atoms with Gasteiger partial charge in [0.1, 0.15) is 6.29 Å². The van der Waals surface area contributed by atoms with Crippen LogP contribution >= 0.6 is 11.6 Å². The molecule has 2 aliphatic rings. The first-order chi connectivity index (χ1) is 21.2. The van der Waals surface area contributed by atoms with Crippen LogP contribution in [0.1, 0.15) is 54.0 Å². The Morgan fingerprint density at radius 2 is 2.05 bits per heavy atom. The lowest BCUT2D eigenvalue weighted by Gasteiger charge is -2.33. The molecule has 1 amide bonds. The summed E-state index contributed by atoms with van der Waals surface area (Å²) < 4.78 is 3.04. The first kappa shape index (κ1) is 28.9. The highest BCUT2D eigenvalue weighted by atomic mass is 35.5. The number of aryl methyl sites for hydroxylation is 1. The molecule has 2 N–H and O–H groups in total. The third-order valence-corrected chi connectivity index (χ3v) is 8.10. The molecule has 1 aromatic carbocycles. The average Bonchev–Trinajstić information content (AvgIpc) is 3.65. The molecule has 0 saturated carbocycles. The minimum Gasteiger partial charge on any atom is -0.476 e. The van der Waals surface area contributed by atoms with E-state index in [0.29, 0.717) is 46.1 Å². The lowest BCUT2D eigenvalue weighted by atomic mass is 9.95. The summed E-state index contributed by atoms with van der Waals surface area (Å²) in [4.78, 5) is 48.3. The van der Waals surface area contributed by atoms with Gasteiger partial charge in [-0.05, 0) is 43.2 Å². The fraction of sp³-hybridized carbons (Fsp3) is 0.267. The first-order valence-corrected chi connectivity index (χ1v) is 14.3. The van der Waals surface area contributed by atoms with E-state index in [0.717, 1.165) is 29.7 Å². The Labute approximate surface area is 256 Å². The van der Waals surface area contributed by atoms with Crippen molar-refractivity contribution >= 4 is 47.5 Å². The number of fused-ring (bicyclic) bond motifs is 4. The van der Waals surface area contributed by atoms with Gasteiger partial charge in [-0.3, -0.25) is 19.3 Å². The molecule has 0 aliphatic carbocycles. The van der Waals surface area contributed by atoms with Gasteiger partial charge in [-0.25, -0.2) is 14.5 Å². The molecule has 13 nitrogen and oxygen atoms in total. The van der Waals surface area contributed by atoms with Gasteiger partial charge in [0.25, 0.3) is 0 Å². The molecule has 4 aromatic rings. The van der Waals surface area contributed by atoms with Gasteiger partial charge in [-0.1, -0.05) is 30.2 Å². The molecular weight excluding hydrogens is 586 g/mol. The number of rotatable bonds is 5. The van der Waals surface area contributed by atoms with Gasteiger partial charge in [-0.2, -0.15) is 5.10 Å². The number of pyridine rings is 1. The maximum absolute atomic E-state index is 13.0. The summed E-state index contributed by atoms with van der Waals surface area (Å²) in [5, 5.41) is 24.8. The number of hydrogen-bond donors (Lipinski definition) is 2. The summed E-state index contributed by atoms with van der Waals surface area (Å²) in [6, 6.07) is 8.58. The quantitative estimate of drug-likeness (QED) is 0.315. The topological polar surface area (TPSA) is 160 Å². The lowest BCUT2D eigenvalue weighted by Crippen LogP contribution is -2.33. The van der Waals surface area contributed by atoms with Crippen molar-refractivity contribution in [3.63, 3.8) is 0 Å². The van der Waals surface area contributed by atoms with Crippen LogP contribution in [0.2, 0.25) is 5.02 Å². The number of aliphatic imine (C=N–C) groups is 1. The molecule has 14 heteroatoms. The molecule has 0 unspecified atom stereocenters. The number of carbonyl (C=O) groups excluding carboxylic acids is 2. The summed E-state index contributed by atoms with van der Waals surface area (Å²) >= 11 is 6.35. The average molecular weight is 614 g/mol. The minimum absolute atomic E-state index is 0.0683. The van der Waals surface area contributed by atoms with Gasteiger partial charge in [0.15, 0.2) is 5.69 Å². The smallest absolute Gasteiger partial charge is 0.358 e. The van der Waals surface area contributed by atoms with E-state index in [9.17, 15) is 19.5 Å². The summed E-state index contributed by atoms with van der Waals surface area (Å²) in [6.07, 6.45) is 9.18. The number of carboxylic acid groups (broad SMARTS) is 1. The number of aromatic carboxylic acids is 1. The van der Waals surface area contributed by atoms with E-state index in [-0.39, 0.29) is 30.1 Å². The third-order valence-electron chi connectivity index (χ3n) is 7.86. The second-order valence-corrected chi connectivity index (χ2v) is 11.2. The first-order valence-electron chi connectivity index (χ1n) is 14.0. The summed E-state index contributed by atoms with van der Waals surface area (Å²) in [6.45, 7) is 2.14. The number of halogens is 1. The van der Waals surface area contributed by atoms with Crippen LogP contribution in [0.3, 0.4) is 0 Å². The highest BCUT2D eigenvalue weighted by molar-refractivity contribution is 6.30. The zero-order valence-electron chi connectivity index (χ0n) is 23.9. The van der Waals surface area contributed by atoms with Gasteiger partial charge in [0.05, 0.1) is 53.2 Å². The van der Waals surface area contributed by atoms with Crippen LogP contribution in [0.5, 0.6) is 0 Å². The predicted octanol–water partition coefficient (Wildman–Crippen LogP) is 4.17. The summed E-state index contributed by atoms with van der Waals surface area (Å²) in [5.74, 6) is -1.50. The van der Waals surface area contributed by atoms with Crippen molar-refractivity contribution in [2.45, 2.75) is 32.2 Å². The number of amides is 1. The van der Waals surface area contributed by atoms with Crippen LogP contribution in [0.25, 0.3) is 22.6 Å². The van der Waals surface area contributed by atoms with Gasteiger partial charge in [-0.15, -0.1) is 5.10 Å². The van der Waals surface area contributed by atoms with E-state index >= 15 is 0 Å². The Balaban J connectivity index is 1.38. The van der Waals surface area contributed by atoms with Crippen molar-refractivity contribution in [2.75, 3.05) is 11.9 Å². The van der Waals surface area contributed by atoms with Crippen LogP contribution in [0, 0.1) is 5.92 Å². The van der Waals surface area contributed by atoms with Gasteiger partial charge >= 0.3 is 5.97 Å². The van der Waals surface area contributed by atoms with Gasteiger partial charge < -0.3 is 15.3 Å². The number of nitrogens with zero attached hydrogens (tertiary/aromatic N) is 8. The zero-order chi connectivity index (χ0) is 31.0. The maximum Gasteiger partial charge on any atom is 0.358 e. The lowest BCUT2D eigenvalue weighted by molar-refractivity contribution is -0.119. The number of nitrogens with one attached hydrogen (secondary N) is 1. The molecular formula is C30H28ClN9O4. The Morgan fingerprint density at radius 1 is 1.20 bits per heavy atom. The molecule has 44 heavy (non-hydrogen) atoms. The second kappa shape index (κ2) is 11.8. The fourth-order valence-corrected chi connectivity index (χ4v) is 5.74. The highest BCUT2D eigenvalue weighted by Gasteiger charge is 2.28. The number of aldehydes is 1. The van der Waals surface area contributed by atoms with Gasteiger partial charge in [0, 0.05) is 47.4 Å². The van der Waals surface area contributed by atoms with Crippen molar-refractivity contribution < 1.29 is 19.5 Å². The van der Waals surface area contributed by atoms with Crippen molar-refractivity contribution in [3.8, 4) is 16.9 Å². The van der Waals surface area contributed by atoms with Crippen LogP contribution in [-0.4, -0.2) is 70.8 Å². The molecule has 0 fully saturated rings. The van der Waals surface area contributed by atoms with E-state index in [1.807, 2.05) is 31.0 Å². The number of anilines is 1. The van der Waals surface area contributed by atoms with E-state index in [4.69, 9.17) is 21.6 Å². The van der Waals surface area contributed by atoms with Crippen LogP contribution in [-0.2, 0) is 16.6 Å². The monoisotopic (exact) mass is 613 g/mol. The van der Waals surface area contributed by atoms with E-state index in [1.165, 1.54) is 10.9 Å². The molecule has 6 rings (SSSR count). The SMILES string of the molecule is C[C@@H]1CCC[C@H](N2C=NC(c3cc(Cl)ccc3-n3cc(C(=O)O)nn3)=C(C=O)C2)c2cc(ccn2)-c2c(cnn2C)NC1=O. The normalized spacial score (nSPS) is 18.7. The number of carbonyl (C=O) groups is 3. The molecule has 0 radical (unpaired) electrons. The van der Waals surface area contributed by atoms with E-state index in [1.54, 1.807) is 41.6 Å². The van der Waals surface area contributed by atoms with Gasteiger partial charge in [0.2, 0.25) is 5.91 Å². The van der Waals surface area contributed by atoms with Crippen molar-refractivity contribution in [1.82, 2.24) is 34.7 Å². The Bertz CT molecular complexity index is 1840. The zero-order valence-corrected chi connectivity index (χ0v) is 24.6. The molecule has 2 aliphatic heterocycles.